The number of carbonyl (C=O) groups is 1. The third-order valence-corrected chi connectivity index (χ3v) is 2.69. The van der Waals surface area contributed by atoms with Gasteiger partial charge in [-0.25, -0.2) is 4.98 Å². The lowest BCUT2D eigenvalue weighted by Gasteiger charge is -2.05. The second kappa shape index (κ2) is 3.96. The van der Waals surface area contributed by atoms with Crippen molar-refractivity contribution in [2.75, 3.05) is 0 Å². The first-order valence-electron chi connectivity index (χ1n) is 5.25. The molecule has 0 radical (unpaired) electrons. The summed E-state index contributed by atoms with van der Waals surface area (Å²) in [7, 11) is 0. The van der Waals surface area contributed by atoms with Crippen LogP contribution in [0, 0.1) is 13.8 Å². The van der Waals surface area contributed by atoms with Crippen molar-refractivity contribution in [2.45, 2.75) is 26.7 Å². The third-order valence-electron chi connectivity index (χ3n) is 2.69. The minimum absolute atomic E-state index is 0.149. The molecule has 0 aliphatic carbocycles. The molecule has 0 aliphatic heterocycles. The van der Waals surface area contributed by atoms with Gasteiger partial charge in [-0.2, -0.15) is 0 Å². The number of pyridine rings is 1. The number of nitrogens with zero attached hydrogens (tertiary/aromatic N) is 2. The molecule has 0 saturated heterocycles. The van der Waals surface area contributed by atoms with Gasteiger partial charge in [0.2, 0.25) is 0 Å². The van der Waals surface area contributed by atoms with Crippen molar-refractivity contribution in [3.8, 4) is 0 Å². The fraction of sp³-hybridized carbons (Fsp3) is 0.333. The van der Waals surface area contributed by atoms with Crippen LogP contribution in [0.2, 0.25) is 0 Å². The summed E-state index contributed by atoms with van der Waals surface area (Å²) in [5.74, 6) is 0.139. The molecule has 0 spiro atoms. The lowest BCUT2D eigenvalue weighted by Crippen LogP contribution is -2.03. The van der Waals surface area contributed by atoms with Crippen molar-refractivity contribution in [2.24, 2.45) is 0 Å². The Labute approximate surface area is 93.5 Å². The first-order valence-corrected chi connectivity index (χ1v) is 5.25. The molecule has 2 aromatic heterocycles. The summed E-state index contributed by atoms with van der Waals surface area (Å²) in [6.45, 7) is 3.90. The van der Waals surface area contributed by atoms with Crippen molar-refractivity contribution in [3.63, 3.8) is 0 Å². The molecule has 0 aliphatic rings. The van der Waals surface area contributed by atoms with Crippen LogP contribution >= 0.6 is 0 Å². The Bertz CT molecular complexity index is 543. The van der Waals surface area contributed by atoms with Crippen LogP contribution in [0.5, 0.6) is 0 Å². The largest absolute Gasteiger partial charge is 0.481 e. The lowest BCUT2D eigenvalue weighted by molar-refractivity contribution is -0.136. The van der Waals surface area contributed by atoms with E-state index in [1.54, 1.807) is 0 Å². The van der Waals surface area contributed by atoms with Crippen LogP contribution in [0.3, 0.4) is 0 Å². The standard InChI is InChI=1S/C12H14N2O2/c1-8-11-5-3-4-10(6-7-12(15)16)14(11)9(2)13-8/h3-5H,6-7H2,1-2H3,(H,15,16). The van der Waals surface area contributed by atoms with Crippen molar-refractivity contribution < 1.29 is 9.90 Å². The predicted octanol–water partition coefficient (Wildman–Crippen LogP) is 1.97. The quantitative estimate of drug-likeness (QED) is 0.856. The fourth-order valence-corrected chi connectivity index (χ4v) is 2.00. The molecule has 0 amide bonds. The van der Waals surface area contributed by atoms with Gasteiger partial charge in [0, 0.05) is 5.69 Å². The summed E-state index contributed by atoms with van der Waals surface area (Å²) in [6, 6.07) is 5.89. The van der Waals surface area contributed by atoms with Crippen LogP contribution in [-0.4, -0.2) is 20.5 Å². The molecular formula is C12H14N2O2. The van der Waals surface area contributed by atoms with Crippen molar-refractivity contribution in [1.82, 2.24) is 9.38 Å². The number of carboxylic acid groups (broad SMARTS) is 1. The van der Waals surface area contributed by atoms with Gasteiger partial charge in [-0.15, -0.1) is 0 Å². The number of aryl methyl sites for hydroxylation is 3. The van der Waals surface area contributed by atoms with Gasteiger partial charge in [-0.05, 0) is 32.4 Å². The monoisotopic (exact) mass is 218 g/mol. The SMILES string of the molecule is Cc1nc(C)n2c(CCC(=O)O)cccc12. The molecule has 2 heterocycles. The minimum Gasteiger partial charge on any atom is -0.481 e. The van der Waals surface area contributed by atoms with E-state index < -0.39 is 5.97 Å². The Hall–Kier alpha value is -1.84. The zero-order valence-corrected chi connectivity index (χ0v) is 9.40. The van der Waals surface area contributed by atoms with Crippen LogP contribution < -0.4 is 0 Å². The van der Waals surface area contributed by atoms with Gasteiger partial charge >= 0.3 is 5.97 Å². The highest BCUT2D eigenvalue weighted by atomic mass is 16.4. The molecule has 0 fully saturated rings. The molecule has 0 aromatic carbocycles. The average molecular weight is 218 g/mol. The fourth-order valence-electron chi connectivity index (χ4n) is 2.00. The first kappa shape index (κ1) is 10.7. The molecule has 2 aromatic rings. The highest BCUT2D eigenvalue weighted by molar-refractivity contribution is 5.67. The second-order valence-electron chi connectivity index (χ2n) is 3.88. The molecular weight excluding hydrogens is 204 g/mol. The summed E-state index contributed by atoms with van der Waals surface area (Å²) < 4.78 is 2.03. The van der Waals surface area contributed by atoms with Gasteiger partial charge < -0.3 is 9.51 Å². The zero-order chi connectivity index (χ0) is 11.7. The molecule has 2 rings (SSSR count). The van der Waals surface area contributed by atoms with Gasteiger partial charge in [0.1, 0.15) is 5.82 Å². The molecule has 0 unspecified atom stereocenters. The van der Waals surface area contributed by atoms with Gasteiger partial charge in [0.05, 0.1) is 17.6 Å². The molecule has 0 bridgehead atoms. The highest BCUT2D eigenvalue weighted by Gasteiger charge is 2.08. The van der Waals surface area contributed by atoms with Crippen LogP contribution in [-0.2, 0) is 11.2 Å². The number of hydrogen-bond donors (Lipinski definition) is 1. The van der Waals surface area contributed by atoms with Crippen LogP contribution in [0.4, 0.5) is 0 Å². The van der Waals surface area contributed by atoms with E-state index in [4.69, 9.17) is 5.11 Å². The van der Waals surface area contributed by atoms with E-state index in [1.807, 2.05) is 36.4 Å². The van der Waals surface area contributed by atoms with Crippen LogP contribution in [0.25, 0.3) is 5.52 Å². The number of hydrogen-bond acceptors (Lipinski definition) is 2. The van der Waals surface area contributed by atoms with Crippen molar-refractivity contribution in [3.05, 3.63) is 35.4 Å². The minimum atomic E-state index is -0.772. The maximum Gasteiger partial charge on any atom is 0.303 e. The number of imidazole rings is 1. The summed E-state index contributed by atoms with van der Waals surface area (Å²) in [6.07, 6.45) is 0.680. The van der Waals surface area contributed by atoms with E-state index in [9.17, 15) is 4.79 Å². The maximum absolute atomic E-state index is 10.6. The predicted molar refractivity (Wildman–Crippen MR) is 60.6 cm³/mol. The summed E-state index contributed by atoms with van der Waals surface area (Å²) in [4.78, 5) is 15.0. The number of aromatic nitrogens is 2. The lowest BCUT2D eigenvalue weighted by atomic mass is 10.2. The topological polar surface area (TPSA) is 54.6 Å². The average Bonchev–Trinajstić information content (AvgIpc) is 2.52. The Kier molecular flexibility index (Phi) is 2.64. The first-order chi connectivity index (χ1) is 7.59. The van der Waals surface area contributed by atoms with Crippen LogP contribution in [0.1, 0.15) is 23.6 Å². The molecule has 84 valence electrons. The molecule has 16 heavy (non-hydrogen) atoms. The van der Waals surface area contributed by atoms with Gasteiger partial charge in [-0.3, -0.25) is 4.79 Å². The Morgan fingerprint density at radius 2 is 2.19 bits per heavy atom. The van der Waals surface area contributed by atoms with E-state index in [-0.39, 0.29) is 6.42 Å². The van der Waals surface area contributed by atoms with Crippen molar-refractivity contribution in [1.29, 1.82) is 0 Å². The van der Waals surface area contributed by atoms with E-state index in [0.29, 0.717) is 6.42 Å². The normalized spacial score (nSPS) is 10.9. The number of carboxylic acids is 1. The molecule has 0 saturated carbocycles. The van der Waals surface area contributed by atoms with Gasteiger partial charge in [0.25, 0.3) is 0 Å². The molecule has 0 atom stereocenters. The Morgan fingerprint density at radius 1 is 1.44 bits per heavy atom. The van der Waals surface area contributed by atoms with Gasteiger partial charge in [0.15, 0.2) is 0 Å². The van der Waals surface area contributed by atoms with E-state index in [0.717, 1.165) is 22.7 Å². The summed E-state index contributed by atoms with van der Waals surface area (Å²) in [5.41, 5.74) is 3.04. The number of fused-ring (bicyclic) bond motifs is 1. The van der Waals surface area contributed by atoms with Crippen LogP contribution in [0.15, 0.2) is 18.2 Å². The van der Waals surface area contributed by atoms with E-state index >= 15 is 0 Å². The maximum atomic E-state index is 10.6. The third kappa shape index (κ3) is 1.78. The zero-order valence-electron chi connectivity index (χ0n) is 9.40. The second-order valence-corrected chi connectivity index (χ2v) is 3.88. The molecule has 4 heteroatoms. The summed E-state index contributed by atoms with van der Waals surface area (Å²) >= 11 is 0. The summed E-state index contributed by atoms with van der Waals surface area (Å²) in [5, 5.41) is 8.70. The number of aliphatic carboxylic acids is 1. The van der Waals surface area contributed by atoms with E-state index in [1.165, 1.54) is 0 Å². The Morgan fingerprint density at radius 3 is 2.88 bits per heavy atom. The molecule has 1 N–H and O–H groups in total. The highest BCUT2D eigenvalue weighted by Crippen LogP contribution is 2.15. The Balaban J connectivity index is 2.48. The smallest absolute Gasteiger partial charge is 0.303 e. The number of rotatable bonds is 3. The van der Waals surface area contributed by atoms with Gasteiger partial charge in [-0.1, -0.05) is 6.07 Å². The van der Waals surface area contributed by atoms with E-state index in [2.05, 4.69) is 4.98 Å². The molecule has 4 nitrogen and oxygen atoms in total. The van der Waals surface area contributed by atoms with Crippen molar-refractivity contribution >= 4 is 11.5 Å².